The fourth-order valence-electron chi connectivity index (χ4n) is 3.60. The van der Waals surface area contributed by atoms with Crippen molar-refractivity contribution in [2.24, 2.45) is 0 Å². The summed E-state index contributed by atoms with van der Waals surface area (Å²) < 4.78 is 7.26. The van der Waals surface area contributed by atoms with Crippen LogP contribution >= 0.6 is 0 Å². The summed E-state index contributed by atoms with van der Waals surface area (Å²) in [7, 11) is 0. The second kappa shape index (κ2) is 8.14. The second-order valence-electron chi connectivity index (χ2n) is 7.44. The van der Waals surface area contributed by atoms with Gasteiger partial charge in [-0.15, -0.1) is 0 Å². The minimum Gasteiger partial charge on any atom is -0.334 e. The third-order valence-corrected chi connectivity index (χ3v) is 5.12. The summed E-state index contributed by atoms with van der Waals surface area (Å²) in [4.78, 5) is 32.9. The highest BCUT2D eigenvalue weighted by Gasteiger charge is 2.16. The summed E-state index contributed by atoms with van der Waals surface area (Å²) in [5, 5.41) is 6.93. The van der Waals surface area contributed by atoms with Crippen molar-refractivity contribution in [3.63, 3.8) is 0 Å². The van der Waals surface area contributed by atoms with Crippen LogP contribution < -0.4 is 10.9 Å². The van der Waals surface area contributed by atoms with Crippen LogP contribution in [0, 0.1) is 13.8 Å². The van der Waals surface area contributed by atoms with Crippen LogP contribution in [0.25, 0.3) is 33.9 Å². The van der Waals surface area contributed by atoms with Gasteiger partial charge in [-0.05, 0) is 56.2 Å². The van der Waals surface area contributed by atoms with Gasteiger partial charge in [-0.3, -0.25) is 9.59 Å². The third-order valence-electron chi connectivity index (χ3n) is 5.12. The molecular weight excluding hydrogens is 394 g/mol. The van der Waals surface area contributed by atoms with Crippen LogP contribution in [0.4, 0.5) is 5.69 Å². The Labute approximate surface area is 178 Å². The van der Waals surface area contributed by atoms with Crippen molar-refractivity contribution in [3.05, 3.63) is 58.0 Å². The number of rotatable bonds is 5. The molecule has 8 heteroatoms. The van der Waals surface area contributed by atoms with Crippen molar-refractivity contribution in [2.75, 3.05) is 5.32 Å². The molecular formula is C23H23N5O3. The number of hydrogen-bond donors (Lipinski definition) is 1. The summed E-state index contributed by atoms with van der Waals surface area (Å²) >= 11 is 0. The Kier molecular flexibility index (Phi) is 5.37. The molecule has 0 radical (unpaired) electrons. The molecule has 0 spiro atoms. The molecule has 0 saturated carbocycles. The largest absolute Gasteiger partial charge is 0.334 e. The molecule has 0 atom stereocenters. The maximum atomic E-state index is 12.4. The van der Waals surface area contributed by atoms with E-state index in [0.717, 1.165) is 28.6 Å². The Bertz CT molecular complexity index is 1350. The number of nitrogens with zero attached hydrogens (tertiary/aromatic N) is 4. The third kappa shape index (κ3) is 3.84. The predicted molar refractivity (Wildman–Crippen MR) is 119 cm³/mol. The van der Waals surface area contributed by atoms with Gasteiger partial charge in [0.2, 0.25) is 11.7 Å². The van der Waals surface area contributed by atoms with Gasteiger partial charge in [-0.2, -0.15) is 4.98 Å². The van der Waals surface area contributed by atoms with Crippen molar-refractivity contribution in [2.45, 2.75) is 40.7 Å². The van der Waals surface area contributed by atoms with Gasteiger partial charge in [0, 0.05) is 30.3 Å². The number of aromatic nitrogens is 4. The highest BCUT2D eigenvalue weighted by molar-refractivity contribution is 5.90. The lowest BCUT2D eigenvalue weighted by Crippen LogP contribution is -2.24. The summed E-state index contributed by atoms with van der Waals surface area (Å²) in [6, 6.07) is 11.1. The smallest absolute Gasteiger partial charge is 0.272 e. The van der Waals surface area contributed by atoms with Gasteiger partial charge < -0.3 is 14.4 Å². The Morgan fingerprint density at radius 1 is 1.16 bits per heavy atom. The van der Waals surface area contributed by atoms with E-state index < -0.39 is 0 Å². The summed E-state index contributed by atoms with van der Waals surface area (Å²) in [5.74, 6) is 0.640. The number of benzene rings is 2. The zero-order chi connectivity index (χ0) is 22.1. The molecule has 1 N–H and O–H groups in total. The number of carbonyl (C=O) groups excluding carboxylic acids is 1. The zero-order valence-electron chi connectivity index (χ0n) is 17.9. The van der Waals surface area contributed by atoms with E-state index >= 15 is 0 Å². The minimum atomic E-state index is -0.146. The zero-order valence-corrected chi connectivity index (χ0v) is 17.9. The number of anilines is 1. The van der Waals surface area contributed by atoms with Crippen LogP contribution in [0.2, 0.25) is 0 Å². The van der Waals surface area contributed by atoms with Gasteiger partial charge >= 0.3 is 0 Å². The molecule has 2 heterocycles. The molecule has 2 aromatic heterocycles. The van der Waals surface area contributed by atoms with E-state index in [1.165, 1.54) is 6.92 Å². The lowest BCUT2D eigenvalue weighted by atomic mass is 10.1. The van der Waals surface area contributed by atoms with Gasteiger partial charge in [0.15, 0.2) is 0 Å². The summed E-state index contributed by atoms with van der Waals surface area (Å²) in [6.45, 7) is 7.74. The molecule has 4 rings (SSSR count). The highest BCUT2D eigenvalue weighted by atomic mass is 16.5. The summed E-state index contributed by atoms with van der Waals surface area (Å²) in [5.41, 5.74) is 4.90. The second-order valence-corrected chi connectivity index (χ2v) is 7.44. The molecule has 0 aliphatic rings. The highest BCUT2D eigenvalue weighted by Crippen LogP contribution is 2.29. The molecule has 0 unspecified atom stereocenters. The van der Waals surface area contributed by atoms with Crippen LogP contribution in [0.5, 0.6) is 0 Å². The van der Waals surface area contributed by atoms with Crippen molar-refractivity contribution in [1.29, 1.82) is 0 Å². The van der Waals surface area contributed by atoms with Gasteiger partial charge in [-0.25, -0.2) is 4.98 Å². The number of amides is 1. The summed E-state index contributed by atoms with van der Waals surface area (Å²) in [6.07, 6.45) is 0.852. The lowest BCUT2D eigenvalue weighted by Gasteiger charge is -2.10. The number of nitrogens with one attached hydrogen (secondary N) is 1. The first-order chi connectivity index (χ1) is 14.9. The Hall–Kier alpha value is -3.81. The normalized spacial score (nSPS) is 11.1. The standard InChI is InChI=1S/C23H23N5O3/c1-5-11-28-20-10-9-16(12-19(20)24-14(3)23(28)30)21-26-22(31-27-21)17-7-6-8-18(13(17)2)25-15(4)29/h6-10,12H,5,11H2,1-4H3,(H,25,29). The van der Waals surface area contributed by atoms with Crippen molar-refractivity contribution in [3.8, 4) is 22.8 Å². The number of aryl methyl sites for hydroxylation is 2. The average molecular weight is 417 g/mol. The van der Waals surface area contributed by atoms with Crippen LogP contribution in [-0.2, 0) is 11.3 Å². The van der Waals surface area contributed by atoms with E-state index in [-0.39, 0.29) is 11.5 Å². The molecule has 8 nitrogen and oxygen atoms in total. The first-order valence-corrected chi connectivity index (χ1v) is 10.1. The fraction of sp³-hybridized carbons (Fsp3) is 0.261. The molecule has 0 saturated heterocycles. The van der Waals surface area contributed by atoms with Crippen LogP contribution in [0.15, 0.2) is 45.7 Å². The SMILES string of the molecule is CCCn1c(=O)c(C)nc2cc(-c3noc(-c4cccc(NC(C)=O)c4C)n3)ccc21. The molecule has 2 aromatic carbocycles. The van der Waals surface area contributed by atoms with E-state index in [4.69, 9.17) is 4.52 Å². The first kappa shape index (κ1) is 20.5. The number of hydrogen-bond acceptors (Lipinski definition) is 6. The van der Waals surface area contributed by atoms with E-state index in [0.29, 0.717) is 35.2 Å². The quantitative estimate of drug-likeness (QED) is 0.524. The van der Waals surface area contributed by atoms with Crippen molar-refractivity contribution >= 4 is 22.6 Å². The molecule has 1 amide bonds. The molecule has 0 aliphatic carbocycles. The fourth-order valence-corrected chi connectivity index (χ4v) is 3.60. The first-order valence-electron chi connectivity index (χ1n) is 10.1. The van der Waals surface area contributed by atoms with Crippen molar-refractivity contribution in [1.82, 2.24) is 19.7 Å². The molecule has 158 valence electrons. The Morgan fingerprint density at radius 2 is 1.97 bits per heavy atom. The van der Waals surface area contributed by atoms with Crippen LogP contribution in [0.3, 0.4) is 0 Å². The molecule has 0 bridgehead atoms. The van der Waals surface area contributed by atoms with E-state index in [1.54, 1.807) is 11.5 Å². The van der Waals surface area contributed by atoms with E-state index in [1.807, 2.05) is 50.2 Å². The molecule has 4 aromatic rings. The molecule has 31 heavy (non-hydrogen) atoms. The minimum absolute atomic E-state index is 0.0709. The van der Waals surface area contributed by atoms with Crippen LogP contribution in [-0.4, -0.2) is 25.6 Å². The Balaban J connectivity index is 1.75. The number of fused-ring (bicyclic) bond motifs is 1. The maximum absolute atomic E-state index is 12.4. The van der Waals surface area contributed by atoms with Crippen molar-refractivity contribution < 1.29 is 9.32 Å². The lowest BCUT2D eigenvalue weighted by molar-refractivity contribution is -0.114. The number of carbonyl (C=O) groups is 1. The van der Waals surface area contributed by atoms with Gasteiger partial charge in [0.25, 0.3) is 11.4 Å². The topological polar surface area (TPSA) is 103 Å². The van der Waals surface area contributed by atoms with Crippen LogP contribution in [0.1, 0.15) is 31.5 Å². The maximum Gasteiger partial charge on any atom is 0.272 e. The van der Waals surface area contributed by atoms with Gasteiger partial charge in [0.05, 0.1) is 11.0 Å². The molecule has 0 fully saturated rings. The van der Waals surface area contributed by atoms with Gasteiger partial charge in [0.1, 0.15) is 5.69 Å². The Morgan fingerprint density at radius 3 is 2.71 bits per heavy atom. The van der Waals surface area contributed by atoms with Gasteiger partial charge in [-0.1, -0.05) is 18.1 Å². The van der Waals surface area contributed by atoms with E-state index in [2.05, 4.69) is 20.4 Å². The molecule has 0 aliphatic heterocycles. The monoisotopic (exact) mass is 417 g/mol. The predicted octanol–water partition coefficient (Wildman–Crippen LogP) is 4.10. The average Bonchev–Trinajstić information content (AvgIpc) is 3.22. The van der Waals surface area contributed by atoms with E-state index in [9.17, 15) is 9.59 Å².